The Bertz CT molecular complexity index is 386. The van der Waals surface area contributed by atoms with Crippen molar-refractivity contribution in [3.05, 3.63) is 18.3 Å². The van der Waals surface area contributed by atoms with Crippen LogP contribution in [0, 0.1) is 0 Å². The van der Waals surface area contributed by atoms with Crippen LogP contribution < -0.4 is 5.73 Å². The van der Waals surface area contributed by atoms with Crippen molar-refractivity contribution in [1.82, 2.24) is 9.88 Å². The number of nitrogens with two attached hydrogens (primary N) is 1. The van der Waals surface area contributed by atoms with Crippen LogP contribution in [0.1, 0.15) is 13.8 Å². The van der Waals surface area contributed by atoms with Gasteiger partial charge in [-0.25, -0.2) is 4.98 Å². The number of anilines is 1. The van der Waals surface area contributed by atoms with Crippen molar-refractivity contribution in [2.24, 2.45) is 0 Å². The van der Waals surface area contributed by atoms with Crippen molar-refractivity contribution in [1.29, 1.82) is 0 Å². The second kappa shape index (κ2) is 6.41. The fourth-order valence-corrected chi connectivity index (χ4v) is 2.92. The molecule has 100 valence electrons. The highest BCUT2D eigenvalue weighted by Gasteiger charge is 2.22. The zero-order chi connectivity index (χ0) is 13.0. The van der Waals surface area contributed by atoms with Gasteiger partial charge in [-0.15, -0.1) is 11.8 Å². The molecular weight excluding hydrogens is 246 g/mol. The van der Waals surface area contributed by atoms with Crippen LogP contribution in [0.25, 0.3) is 0 Å². The molecule has 2 N–H and O–H groups in total. The van der Waals surface area contributed by atoms with Gasteiger partial charge in [0, 0.05) is 31.1 Å². The molecular formula is C13H21N3OS. The predicted molar refractivity (Wildman–Crippen MR) is 75.8 cm³/mol. The Kier molecular flexibility index (Phi) is 4.86. The largest absolute Gasteiger partial charge is 0.397 e. The molecule has 1 atom stereocenters. The molecule has 0 aromatic carbocycles. The number of pyridine rings is 1. The molecule has 1 aliphatic rings. The quantitative estimate of drug-likeness (QED) is 0.844. The number of hydrogen-bond acceptors (Lipinski definition) is 5. The first-order valence-electron chi connectivity index (χ1n) is 6.35. The zero-order valence-corrected chi connectivity index (χ0v) is 11.8. The van der Waals surface area contributed by atoms with E-state index in [1.807, 2.05) is 12.1 Å². The zero-order valence-electron chi connectivity index (χ0n) is 11.0. The first kappa shape index (κ1) is 13.6. The van der Waals surface area contributed by atoms with Gasteiger partial charge in [0.15, 0.2) is 0 Å². The molecule has 1 unspecified atom stereocenters. The van der Waals surface area contributed by atoms with E-state index in [4.69, 9.17) is 10.5 Å². The van der Waals surface area contributed by atoms with E-state index in [2.05, 4.69) is 23.7 Å². The Hall–Kier alpha value is -0.780. The van der Waals surface area contributed by atoms with Gasteiger partial charge in [0.2, 0.25) is 0 Å². The van der Waals surface area contributed by atoms with Crippen molar-refractivity contribution in [3.8, 4) is 0 Å². The van der Waals surface area contributed by atoms with Crippen LogP contribution >= 0.6 is 11.8 Å². The summed E-state index contributed by atoms with van der Waals surface area (Å²) in [7, 11) is 0. The van der Waals surface area contributed by atoms with Crippen LogP contribution in [-0.2, 0) is 4.74 Å². The minimum atomic E-state index is 0.271. The van der Waals surface area contributed by atoms with Crippen molar-refractivity contribution in [2.45, 2.75) is 31.0 Å². The van der Waals surface area contributed by atoms with E-state index >= 15 is 0 Å². The molecule has 0 saturated carbocycles. The highest BCUT2D eigenvalue weighted by atomic mass is 32.2. The summed E-state index contributed by atoms with van der Waals surface area (Å²) in [5.74, 6) is 0.907. The molecule has 0 radical (unpaired) electrons. The van der Waals surface area contributed by atoms with Gasteiger partial charge in [0.25, 0.3) is 0 Å². The lowest BCUT2D eigenvalue weighted by atomic mass is 10.2. The Labute approximate surface area is 113 Å². The van der Waals surface area contributed by atoms with E-state index < -0.39 is 0 Å². The van der Waals surface area contributed by atoms with Gasteiger partial charge in [-0.2, -0.15) is 0 Å². The standard InChI is InChI=1S/C13H21N3OS/c1-10(2)16-6-7-17-11(8-16)9-18-13-12(14)4-3-5-15-13/h3-5,10-11H,6-9,14H2,1-2H3. The summed E-state index contributed by atoms with van der Waals surface area (Å²) in [6.07, 6.45) is 2.05. The van der Waals surface area contributed by atoms with Gasteiger partial charge in [-0.05, 0) is 26.0 Å². The summed E-state index contributed by atoms with van der Waals surface area (Å²) < 4.78 is 5.79. The Balaban J connectivity index is 1.85. The van der Waals surface area contributed by atoms with Gasteiger partial charge in [0.1, 0.15) is 5.03 Å². The van der Waals surface area contributed by atoms with E-state index in [1.165, 1.54) is 0 Å². The summed E-state index contributed by atoms with van der Waals surface area (Å²) in [5.41, 5.74) is 6.63. The van der Waals surface area contributed by atoms with Crippen LogP contribution in [0.2, 0.25) is 0 Å². The summed E-state index contributed by atoms with van der Waals surface area (Å²) in [5, 5.41) is 0.905. The molecule has 1 aliphatic heterocycles. The number of aromatic nitrogens is 1. The average Bonchev–Trinajstić information content (AvgIpc) is 2.38. The van der Waals surface area contributed by atoms with Gasteiger partial charge < -0.3 is 10.5 Å². The maximum Gasteiger partial charge on any atom is 0.119 e. The molecule has 5 heteroatoms. The molecule has 18 heavy (non-hydrogen) atoms. The molecule has 2 heterocycles. The second-order valence-electron chi connectivity index (χ2n) is 4.79. The fourth-order valence-electron chi connectivity index (χ4n) is 2.01. The highest BCUT2D eigenvalue weighted by Crippen LogP contribution is 2.24. The minimum absolute atomic E-state index is 0.271. The average molecular weight is 267 g/mol. The highest BCUT2D eigenvalue weighted by molar-refractivity contribution is 7.99. The van der Waals surface area contributed by atoms with Crippen LogP contribution in [0.15, 0.2) is 23.4 Å². The molecule has 2 rings (SSSR count). The first-order valence-corrected chi connectivity index (χ1v) is 7.34. The third-order valence-corrected chi connectivity index (χ3v) is 4.26. The number of rotatable bonds is 4. The monoisotopic (exact) mass is 267 g/mol. The fraction of sp³-hybridized carbons (Fsp3) is 0.615. The number of ether oxygens (including phenoxy) is 1. The van der Waals surface area contributed by atoms with Crippen LogP contribution in [0.5, 0.6) is 0 Å². The normalized spacial score (nSPS) is 21.4. The smallest absolute Gasteiger partial charge is 0.119 e. The molecule has 0 aliphatic carbocycles. The molecule has 0 amide bonds. The molecule has 0 spiro atoms. The third kappa shape index (κ3) is 3.60. The van der Waals surface area contributed by atoms with Gasteiger partial charge >= 0.3 is 0 Å². The summed E-state index contributed by atoms with van der Waals surface area (Å²) >= 11 is 1.68. The van der Waals surface area contributed by atoms with E-state index in [0.29, 0.717) is 6.04 Å². The minimum Gasteiger partial charge on any atom is -0.397 e. The van der Waals surface area contributed by atoms with E-state index in [9.17, 15) is 0 Å². The number of nitrogen functional groups attached to an aromatic ring is 1. The molecule has 1 aromatic heterocycles. The third-order valence-electron chi connectivity index (χ3n) is 3.11. The number of hydrogen-bond donors (Lipinski definition) is 1. The SMILES string of the molecule is CC(C)N1CCOC(CSc2ncccc2N)C1. The van der Waals surface area contributed by atoms with Gasteiger partial charge in [-0.1, -0.05) is 0 Å². The lowest BCUT2D eigenvalue weighted by Crippen LogP contribution is -2.46. The van der Waals surface area contributed by atoms with E-state index in [-0.39, 0.29) is 6.10 Å². The van der Waals surface area contributed by atoms with Gasteiger partial charge in [0.05, 0.1) is 18.4 Å². The first-order chi connectivity index (χ1) is 8.66. The van der Waals surface area contributed by atoms with Crippen molar-refractivity contribution in [2.75, 3.05) is 31.2 Å². The van der Waals surface area contributed by atoms with Crippen molar-refractivity contribution >= 4 is 17.4 Å². The predicted octanol–water partition coefficient (Wildman–Crippen LogP) is 1.87. The Morgan fingerprint density at radius 3 is 3.17 bits per heavy atom. The van der Waals surface area contributed by atoms with E-state index in [0.717, 1.165) is 36.2 Å². The summed E-state index contributed by atoms with van der Waals surface area (Å²) in [6, 6.07) is 4.33. The van der Waals surface area contributed by atoms with Crippen molar-refractivity contribution < 1.29 is 4.74 Å². The topological polar surface area (TPSA) is 51.4 Å². The molecule has 1 fully saturated rings. The van der Waals surface area contributed by atoms with Crippen LogP contribution in [0.3, 0.4) is 0 Å². The molecule has 4 nitrogen and oxygen atoms in total. The molecule has 0 bridgehead atoms. The lowest BCUT2D eigenvalue weighted by Gasteiger charge is -2.35. The number of thioether (sulfide) groups is 1. The second-order valence-corrected chi connectivity index (χ2v) is 5.80. The molecule has 1 saturated heterocycles. The maximum atomic E-state index is 5.88. The lowest BCUT2D eigenvalue weighted by molar-refractivity contribution is -0.0265. The van der Waals surface area contributed by atoms with Crippen LogP contribution in [0.4, 0.5) is 5.69 Å². The number of morpholine rings is 1. The van der Waals surface area contributed by atoms with Crippen molar-refractivity contribution in [3.63, 3.8) is 0 Å². The molecule has 1 aromatic rings. The summed E-state index contributed by atoms with van der Waals surface area (Å²) in [6.45, 7) is 7.31. The summed E-state index contributed by atoms with van der Waals surface area (Å²) in [4.78, 5) is 6.74. The Morgan fingerprint density at radius 2 is 2.44 bits per heavy atom. The van der Waals surface area contributed by atoms with E-state index in [1.54, 1.807) is 18.0 Å². The van der Waals surface area contributed by atoms with Crippen LogP contribution in [-0.4, -0.2) is 47.5 Å². The maximum absolute atomic E-state index is 5.88. The van der Waals surface area contributed by atoms with Gasteiger partial charge in [-0.3, -0.25) is 4.90 Å². The number of nitrogens with zero attached hydrogens (tertiary/aromatic N) is 2. The Morgan fingerprint density at radius 1 is 1.61 bits per heavy atom.